The fraction of sp³-hybridized carbons (Fsp3) is 0.438. The molecule has 0 spiro atoms. The molecule has 1 aromatic carbocycles. The number of hydrogen-bond donors (Lipinski definition) is 3. The van der Waals surface area contributed by atoms with Gasteiger partial charge in [0.05, 0.1) is 23.2 Å². The third-order valence-electron chi connectivity index (χ3n) is 3.84. The van der Waals surface area contributed by atoms with Gasteiger partial charge in [-0.1, -0.05) is 6.92 Å². The van der Waals surface area contributed by atoms with E-state index < -0.39 is 0 Å². The Kier molecular flexibility index (Phi) is 7.19. The topological polar surface area (TPSA) is 80.1 Å². The molecule has 5 nitrogen and oxygen atoms in total. The van der Waals surface area contributed by atoms with Crippen LogP contribution in [0.1, 0.15) is 30.9 Å². The molecule has 1 aromatic heterocycles. The fourth-order valence-corrected chi connectivity index (χ4v) is 2.85. The third-order valence-corrected chi connectivity index (χ3v) is 3.84. The van der Waals surface area contributed by atoms with Gasteiger partial charge in [-0.3, -0.25) is 4.79 Å². The van der Waals surface area contributed by atoms with Crippen molar-refractivity contribution in [3.63, 3.8) is 0 Å². The van der Waals surface area contributed by atoms with E-state index in [-0.39, 0.29) is 30.4 Å². The van der Waals surface area contributed by atoms with Crippen LogP contribution in [-0.4, -0.2) is 18.1 Å². The highest BCUT2D eigenvalue weighted by Crippen LogP contribution is 2.35. The maximum Gasteiger partial charge on any atom is 0.253 e. The van der Waals surface area contributed by atoms with Gasteiger partial charge in [0.15, 0.2) is 0 Å². The van der Waals surface area contributed by atoms with Gasteiger partial charge in [-0.2, -0.15) is 0 Å². The van der Waals surface area contributed by atoms with Crippen LogP contribution in [-0.2, 0) is 13.0 Å². The summed E-state index contributed by atoms with van der Waals surface area (Å²) < 4.78 is 5.90. The number of nitrogens with two attached hydrogens (primary N) is 1. The molecule has 0 fully saturated rings. The van der Waals surface area contributed by atoms with Crippen LogP contribution in [0.25, 0.3) is 10.9 Å². The Hall–Kier alpha value is -1.43. The lowest BCUT2D eigenvalue weighted by Crippen LogP contribution is -2.22. The Balaban J connectivity index is 0.00000132. The Morgan fingerprint density at radius 2 is 2.09 bits per heavy atom. The lowest BCUT2D eigenvalue weighted by Gasteiger charge is -2.21. The van der Waals surface area contributed by atoms with E-state index in [9.17, 15) is 4.79 Å². The number of fused-ring (bicyclic) bond motifs is 3. The van der Waals surface area contributed by atoms with E-state index in [4.69, 9.17) is 10.5 Å². The first-order chi connectivity index (χ1) is 10.2. The molecule has 1 aliphatic rings. The predicted molar refractivity (Wildman–Crippen MR) is 99.6 cm³/mol. The van der Waals surface area contributed by atoms with Crippen molar-refractivity contribution in [2.75, 3.05) is 18.5 Å². The molecule has 0 amide bonds. The second-order valence-electron chi connectivity index (χ2n) is 5.41. The molecule has 23 heavy (non-hydrogen) atoms. The Labute approximate surface area is 147 Å². The molecular formula is C16H23Cl2N3O2. The summed E-state index contributed by atoms with van der Waals surface area (Å²) in [5.41, 5.74) is 9.24. The molecule has 0 saturated heterocycles. The second kappa shape index (κ2) is 8.43. The van der Waals surface area contributed by atoms with E-state index in [1.54, 1.807) is 0 Å². The van der Waals surface area contributed by atoms with Crippen molar-refractivity contribution >= 4 is 41.4 Å². The summed E-state index contributed by atoms with van der Waals surface area (Å²) in [6, 6.07) is 3.92. The largest absolute Gasteiger partial charge is 0.493 e. The highest BCUT2D eigenvalue weighted by Gasteiger charge is 2.19. The Bertz CT molecular complexity index is 731. The van der Waals surface area contributed by atoms with Crippen molar-refractivity contribution < 1.29 is 4.74 Å². The van der Waals surface area contributed by atoms with Crippen LogP contribution in [0.5, 0.6) is 5.75 Å². The smallest absolute Gasteiger partial charge is 0.253 e. The van der Waals surface area contributed by atoms with E-state index in [1.165, 1.54) is 0 Å². The van der Waals surface area contributed by atoms with Crippen molar-refractivity contribution in [2.24, 2.45) is 5.73 Å². The normalized spacial score (nSPS) is 12.6. The van der Waals surface area contributed by atoms with Gasteiger partial charge in [-0.15, -0.1) is 24.8 Å². The summed E-state index contributed by atoms with van der Waals surface area (Å²) in [4.78, 5) is 15.2. The first-order valence-electron chi connectivity index (χ1n) is 7.53. The lowest BCUT2D eigenvalue weighted by molar-refractivity contribution is 0.321. The zero-order valence-corrected chi connectivity index (χ0v) is 14.7. The van der Waals surface area contributed by atoms with E-state index in [0.717, 1.165) is 59.3 Å². The van der Waals surface area contributed by atoms with E-state index >= 15 is 0 Å². The number of anilines is 1. The summed E-state index contributed by atoms with van der Waals surface area (Å²) in [6.45, 7) is 4.03. The number of aromatic nitrogens is 1. The number of halogens is 2. The average molecular weight is 360 g/mol. The molecule has 1 aliphatic heterocycles. The fourth-order valence-electron chi connectivity index (χ4n) is 2.85. The minimum atomic E-state index is -0.0136. The summed E-state index contributed by atoms with van der Waals surface area (Å²) in [5.74, 6) is 0.802. The monoisotopic (exact) mass is 359 g/mol. The molecule has 128 valence electrons. The number of aromatic amines is 1. The summed E-state index contributed by atoms with van der Waals surface area (Å²) >= 11 is 0. The number of ether oxygens (including phenoxy) is 1. The number of rotatable bonds is 4. The van der Waals surface area contributed by atoms with Crippen molar-refractivity contribution in [1.29, 1.82) is 0 Å². The van der Waals surface area contributed by atoms with Crippen molar-refractivity contribution in [1.82, 2.24) is 4.98 Å². The van der Waals surface area contributed by atoms with E-state index in [1.807, 2.05) is 12.1 Å². The molecule has 0 aliphatic carbocycles. The average Bonchev–Trinajstić information content (AvgIpc) is 2.52. The zero-order chi connectivity index (χ0) is 14.8. The van der Waals surface area contributed by atoms with Crippen LogP contribution in [0.2, 0.25) is 0 Å². The van der Waals surface area contributed by atoms with Crippen molar-refractivity contribution in [3.8, 4) is 5.75 Å². The molecule has 2 heterocycles. The molecule has 2 aromatic rings. The van der Waals surface area contributed by atoms with Gasteiger partial charge in [0, 0.05) is 18.7 Å². The summed E-state index contributed by atoms with van der Waals surface area (Å²) in [7, 11) is 0. The van der Waals surface area contributed by atoms with E-state index in [2.05, 4.69) is 17.2 Å². The standard InChI is InChI=1S/C16H21N3O2.2ClH/c1-2-6-21-13-8-10(9-17)7-12-14(13)15-11(16(20)19-12)4-3-5-18-15;;/h7-8,18H,2-6,9,17H2,1H3,(H,19,20);2*1H. The highest BCUT2D eigenvalue weighted by atomic mass is 35.5. The first kappa shape index (κ1) is 19.6. The minimum Gasteiger partial charge on any atom is -0.493 e. The number of nitrogens with one attached hydrogen (secondary N) is 2. The van der Waals surface area contributed by atoms with Crippen LogP contribution < -0.4 is 21.3 Å². The molecule has 0 atom stereocenters. The molecule has 0 radical (unpaired) electrons. The molecule has 0 unspecified atom stereocenters. The molecule has 7 heteroatoms. The van der Waals surface area contributed by atoms with Gasteiger partial charge in [0.2, 0.25) is 0 Å². The number of benzene rings is 1. The van der Waals surface area contributed by atoms with Crippen LogP contribution in [0.4, 0.5) is 5.69 Å². The van der Waals surface area contributed by atoms with Gasteiger partial charge in [-0.25, -0.2) is 0 Å². The number of hydrogen-bond acceptors (Lipinski definition) is 4. The van der Waals surface area contributed by atoms with Gasteiger partial charge in [-0.05, 0) is 37.0 Å². The highest BCUT2D eigenvalue weighted by molar-refractivity contribution is 5.98. The Morgan fingerprint density at radius 3 is 2.78 bits per heavy atom. The van der Waals surface area contributed by atoms with Crippen LogP contribution >= 0.6 is 24.8 Å². The molecule has 3 rings (SSSR count). The number of H-pyrrole nitrogens is 1. The van der Waals surface area contributed by atoms with Gasteiger partial charge in [0.1, 0.15) is 5.75 Å². The van der Waals surface area contributed by atoms with Crippen LogP contribution in [0.15, 0.2) is 16.9 Å². The Morgan fingerprint density at radius 1 is 1.30 bits per heavy atom. The quantitative estimate of drug-likeness (QED) is 0.783. The molecular weight excluding hydrogens is 337 g/mol. The van der Waals surface area contributed by atoms with Crippen molar-refractivity contribution in [3.05, 3.63) is 33.6 Å². The maximum atomic E-state index is 12.2. The lowest BCUT2D eigenvalue weighted by atomic mass is 10.00. The van der Waals surface area contributed by atoms with Crippen LogP contribution in [0.3, 0.4) is 0 Å². The SMILES string of the molecule is CCCOc1cc(CN)cc2[nH]c(=O)c3c(c12)NCCC3.Cl.Cl. The first-order valence-corrected chi connectivity index (χ1v) is 7.53. The maximum absolute atomic E-state index is 12.2. The van der Waals surface area contributed by atoms with E-state index in [0.29, 0.717) is 13.2 Å². The van der Waals surface area contributed by atoms with Crippen molar-refractivity contribution in [2.45, 2.75) is 32.7 Å². The zero-order valence-electron chi connectivity index (χ0n) is 13.1. The predicted octanol–water partition coefficient (Wildman–Crippen LogP) is 2.98. The van der Waals surface area contributed by atoms with Gasteiger partial charge in [0.25, 0.3) is 5.56 Å². The minimum absolute atomic E-state index is 0. The molecule has 0 bridgehead atoms. The van der Waals surface area contributed by atoms with Crippen LogP contribution in [0, 0.1) is 0 Å². The summed E-state index contributed by atoms with van der Waals surface area (Å²) in [5, 5.41) is 4.34. The van der Waals surface area contributed by atoms with Gasteiger partial charge >= 0.3 is 0 Å². The third kappa shape index (κ3) is 3.74. The second-order valence-corrected chi connectivity index (χ2v) is 5.41. The number of pyridine rings is 1. The summed E-state index contributed by atoms with van der Waals surface area (Å²) in [6.07, 6.45) is 2.72. The van der Waals surface area contributed by atoms with Gasteiger partial charge < -0.3 is 20.8 Å². The molecule has 0 saturated carbocycles. The molecule has 4 N–H and O–H groups in total.